The molecule has 0 N–H and O–H groups in total. The topological polar surface area (TPSA) is 23.8 Å². The van der Waals surface area contributed by atoms with E-state index in [0.29, 0.717) is 5.92 Å². The number of hydrogen-bond donors (Lipinski definition) is 0. The van der Waals surface area contributed by atoms with E-state index in [1.54, 1.807) is 0 Å². The lowest BCUT2D eigenvalue weighted by Gasteiger charge is -1.98. The largest absolute Gasteiger partial charge is 0.193 e. The van der Waals surface area contributed by atoms with Gasteiger partial charge in [-0.15, -0.1) is 0 Å². The molecule has 0 aliphatic heterocycles. The van der Waals surface area contributed by atoms with Crippen LogP contribution >= 0.6 is 0 Å². The highest BCUT2D eigenvalue weighted by Crippen LogP contribution is 2.04. The number of nitriles is 1. The lowest BCUT2D eigenvalue weighted by atomic mass is 10.1. The summed E-state index contributed by atoms with van der Waals surface area (Å²) in [7, 11) is 0. The van der Waals surface area contributed by atoms with Crippen molar-refractivity contribution in [1.82, 2.24) is 0 Å². The number of hydrogen-bond acceptors (Lipinski definition) is 1. The minimum atomic E-state index is 0.546. The van der Waals surface area contributed by atoms with Crippen LogP contribution in [-0.2, 0) is 0 Å². The normalized spacial score (nSPS) is 14.7. The minimum absolute atomic E-state index is 0.546. The van der Waals surface area contributed by atoms with Crippen molar-refractivity contribution in [2.75, 3.05) is 0 Å². The van der Waals surface area contributed by atoms with Gasteiger partial charge in [0.15, 0.2) is 0 Å². The highest BCUT2D eigenvalue weighted by molar-refractivity contribution is 5.17. The Morgan fingerprint density at radius 3 is 2.67 bits per heavy atom. The van der Waals surface area contributed by atoms with Crippen LogP contribution in [0.5, 0.6) is 0 Å². The van der Waals surface area contributed by atoms with Crippen molar-refractivity contribution in [2.24, 2.45) is 5.92 Å². The zero-order valence-corrected chi connectivity index (χ0v) is 6.31. The summed E-state index contributed by atoms with van der Waals surface area (Å²) in [4.78, 5) is 0. The van der Waals surface area contributed by atoms with Gasteiger partial charge in [0.1, 0.15) is 0 Å². The van der Waals surface area contributed by atoms with Gasteiger partial charge in [-0.1, -0.05) is 26.3 Å². The van der Waals surface area contributed by atoms with E-state index in [4.69, 9.17) is 5.26 Å². The smallest absolute Gasteiger partial charge is 0.0940 e. The molecule has 0 rings (SSSR count). The Kier molecular flexibility index (Phi) is 3.79. The average Bonchev–Trinajstić information content (AvgIpc) is 1.87. The van der Waals surface area contributed by atoms with Crippen molar-refractivity contribution in [3.05, 3.63) is 11.6 Å². The molecule has 0 aromatic rings. The van der Waals surface area contributed by atoms with Gasteiger partial charge in [0.2, 0.25) is 0 Å². The van der Waals surface area contributed by atoms with E-state index in [0.717, 1.165) is 12.0 Å². The van der Waals surface area contributed by atoms with Crippen molar-refractivity contribution in [1.29, 1.82) is 5.26 Å². The van der Waals surface area contributed by atoms with Crippen LogP contribution in [0.1, 0.15) is 27.2 Å². The van der Waals surface area contributed by atoms with Crippen molar-refractivity contribution in [2.45, 2.75) is 27.2 Å². The third-order valence-corrected chi connectivity index (χ3v) is 1.35. The second-order valence-corrected chi connectivity index (χ2v) is 2.35. The van der Waals surface area contributed by atoms with Gasteiger partial charge in [0.05, 0.1) is 6.07 Å². The summed E-state index contributed by atoms with van der Waals surface area (Å²) >= 11 is 0. The number of allylic oxidation sites excluding steroid dienone is 2. The van der Waals surface area contributed by atoms with E-state index in [2.05, 4.69) is 19.9 Å². The van der Waals surface area contributed by atoms with Crippen LogP contribution in [0, 0.1) is 17.2 Å². The SMILES string of the molecule is CC[C@@H](C)/C=C(\C)C#N. The zero-order chi connectivity index (χ0) is 7.28. The van der Waals surface area contributed by atoms with E-state index in [1.165, 1.54) is 0 Å². The van der Waals surface area contributed by atoms with Gasteiger partial charge in [-0.05, 0) is 12.8 Å². The molecular weight excluding hydrogens is 110 g/mol. The van der Waals surface area contributed by atoms with Crippen molar-refractivity contribution in [3.8, 4) is 6.07 Å². The van der Waals surface area contributed by atoms with Crippen molar-refractivity contribution in [3.63, 3.8) is 0 Å². The summed E-state index contributed by atoms with van der Waals surface area (Å²) in [6.45, 7) is 6.07. The second-order valence-electron chi connectivity index (χ2n) is 2.35. The van der Waals surface area contributed by atoms with Crippen LogP contribution in [0.3, 0.4) is 0 Å². The van der Waals surface area contributed by atoms with Gasteiger partial charge in [-0.25, -0.2) is 0 Å². The van der Waals surface area contributed by atoms with Crippen LogP contribution in [0.25, 0.3) is 0 Å². The van der Waals surface area contributed by atoms with E-state index in [1.807, 2.05) is 13.0 Å². The molecule has 0 radical (unpaired) electrons. The maximum atomic E-state index is 8.36. The molecule has 0 saturated carbocycles. The Bertz CT molecular complexity index is 139. The first kappa shape index (κ1) is 8.23. The molecule has 1 heteroatoms. The minimum Gasteiger partial charge on any atom is -0.193 e. The Morgan fingerprint density at radius 2 is 2.33 bits per heavy atom. The standard InChI is InChI=1S/C8H13N/c1-4-7(2)5-8(3)6-9/h5,7H,4H2,1-3H3/b8-5+/t7-/m1/s1. The Morgan fingerprint density at radius 1 is 1.78 bits per heavy atom. The van der Waals surface area contributed by atoms with Crippen LogP contribution in [0.15, 0.2) is 11.6 Å². The van der Waals surface area contributed by atoms with E-state index in [-0.39, 0.29) is 0 Å². The van der Waals surface area contributed by atoms with Crippen LogP contribution < -0.4 is 0 Å². The molecule has 0 bridgehead atoms. The maximum Gasteiger partial charge on any atom is 0.0940 e. The molecule has 1 atom stereocenters. The molecule has 0 amide bonds. The summed E-state index contributed by atoms with van der Waals surface area (Å²) in [6.07, 6.45) is 3.11. The Hall–Kier alpha value is -0.770. The quantitative estimate of drug-likeness (QED) is 0.517. The first-order valence-corrected chi connectivity index (χ1v) is 3.29. The van der Waals surface area contributed by atoms with Gasteiger partial charge >= 0.3 is 0 Å². The van der Waals surface area contributed by atoms with Gasteiger partial charge < -0.3 is 0 Å². The summed E-state index contributed by atoms with van der Waals surface area (Å²) in [6, 6.07) is 2.09. The lowest BCUT2D eigenvalue weighted by molar-refractivity contribution is 0.695. The van der Waals surface area contributed by atoms with Gasteiger partial charge in [0, 0.05) is 5.57 Å². The predicted molar refractivity (Wildman–Crippen MR) is 38.8 cm³/mol. The van der Waals surface area contributed by atoms with E-state index < -0.39 is 0 Å². The average molecular weight is 123 g/mol. The number of nitrogens with zero attached hydrogens (tertiary/aromatic N) is 1. The van der Waals surface area contributed by atoms with Crippen LogP contribution in [0.2, 0.25) is 0 Å². The van der Waals surface area contributed by atoms with Crippen LogP contribution in [-0.4, -0.2) is 0 Å². The fraction of sp³-hybridized carbons (Fsp3) is 0.625. The predicted octanol–water partition coefficient (Wildman–Crippen LogP) is 2.50. The van der Waals surface area contributed by atoms with Crippen molar-refractivity contribution >= 4 is 0 Å². The second kappa shape index (κ2) is 4.14. The lowest BCUT2D eigenvalue weighted by Crippen LogP contribution is -1.85. The molecule has 1 nitrogen and oxygen atoms in total. The summed E-state index contributed by atoms with van der Waals surface area (Å²) < 4.78 is 0. The highest BCUT2D eigenvalue weighted by Gasteiger charge is 1.92. The summed E-state index contributed by atoms with van der Waals surface area (Å²) in [5, 5.41) is 8.36. The summed E-state index contributed by atoms with van der Waals surface area (Å²) in [5.41, 5.74) is 0.823. The van der Waals surface area contributed by atoms with Gasteiger partial charge in [-0.2, -0.15) is 5.26 Å². The molecule has 50 valence electrons. The third kappa shape index (κ3) is 3.78. The van der Waals surface area contributed by atoms with Gasteiger partial charge in [-0.3, -0.25) is 0 Å². The molecule has 0 fully saturated rings. The maximum absolute atomic E-state index is 8.36. The zero-order valence-electron chi connectivity index (χ0n) is 6.31. The monoisotopic (exact) mass is 123 g/mol. The Balaban J connectivity index is 3.83. The van der Waals surface area contributed by atoms with Gasteiger partial charge in [0.25, 0.3) is 0 Å². The molecule has 0 heterocycles. The van der Waals surface area contributed by atoms with Crippen LogP contribution in [0.4, 0.5) is 0 Å². The molecule has 0 aromatic heterocycles. The summed E-state index contributed by atoms with van der Waals surface area (Å²) in [5.74, 6) is 0.546. The third-order valence-electron chi connectivity index (χ3n) is 1.35. The van der Waals surface area contributed by atoms with E-state index in [9.17, 15) is 0 Å². The molecule has 0 unspecified atom stereocenters. The first-order chi connectivity index (χ1) is 4.20. The van der Waals surface area contributed by atoms with E-state index >= 15 is 0 Å². The molecule has 0 aromatic carbocycles. The Labute approximate surface area is 57.0 Å². The van der Waals surface area contributed by atoms with Crippen molar-refractivity contribution < 1.29 is 0 Å². The molecule has 0 saturated heterocycles. The highest BCUT2D eigenvalue weighted by atomic mass is 14.2. The fourth-order valence-corrected chi connectivity index (χ4v) is 0.582. The first-order valence-electron chi connectivity index (χ1n) is 3.29. The molecule has 0 spiro atoms. The fourth-order valence-electron chi connectivity index (χ4n) is 0.582. The molecular formula is C8H13N. The molecule has 0 aliphatic carbocycles. The number of rotatable bonds is 2. The molecule has 0 aliphatic rings. The molecule has 9 heavy (non-hydrogen) atoms.